The smallest absolute Gasteiger partial charge is 0.0456 e. The molecule has 3 aromatic rings. The van der Waals surface area contributed by atoms with Crippen LogP contribution in [0, 0.1) is 0 Å². The average molecular weight is 265 g/mol. The van der Waals surface area contributed by atoms with Gasteiger partial charge >= 0.3 is 0 Å². The van der Waals surface area contributed by atoms with Gasteiger partial charge in [-0.2, -0.15) is 0 Å². The van der Waals surface area contributed by atoms with Crippen LogP contribution in [0.2, 0.25) is 0 Å². The first kappa shape index (κ1) is 12.8. The lowest BCUT2D eigenvalue weighted by atomic mass is 10.1. The summed E-state index contributed by atoms with van der Waals surface area (Å²) in [6, 6.07) is 16.4. The van der Waals surface area contributed by atoms with Crippen LogP contribution in [0.5, 0.6) is 0 Å². The Kier molecular flexibility index (Phi) is 3.70. The summed E-state index contributed by atoms with van der Waals surface area (Å²) in [6.45, 7) is 1.76. The quantitative estimate of drug-likeness (QED) is 0.490. The topological polar surface area (TPSA) is 53.8 Å². The van der Waals surface area contributed by atoms with Crippen molar-refractivity contribution in [2.24, 2.45) is 0 Å². The molecule has 0 spiro atoms. The average Bonchev–Trinajstić information content (AvgIpc) is 2.89. The third-order valence-corrected chi connectivity index (χ3v) is 3.62. The summed E-state index contributed by atoms with van der Waals surface area (Å²) in [7, 11) is 0. The highest BCUT2D eigenvalue weighted by Gasteiger charge is 2.02. The number of para-hydroxylation sites is 2. The van der Waals surface area contributed by atoms with Crippen molar-refractivity contribution < 1.29 is 0 Å². The number of aromatic amines is 1. The van der Waals surface area contributed by atoms with Gasteiger partial charge in [-0.15, -0.1) is 0 Å². The predicted molar refractivity (Wildman–Crippen MR) is 84.6 cm³/mol. The number of hydrogen-bond donors (Lipinski definition) is 3. The molecule has 0 atom stereocenters. The van der Waals surface area contributed by atoms with E-state index in [0.717, 1.165) is 30.8 Å². The SMILES string of the molecule is Nc1ccccc1CNCCc1c[nH]c2ccccc12. The number of hydrogen-bond acceptors (Lipinski definition) is 2. The Bertz CT molecular complexity index is 700. The van der Waals surface area contributed by atoms with E-state index in [-0.39, 0.29) is 0 Å². The number of benzene rings is 2. The van der Waals surface area contributed by atoms with E-state index in [2.05, 4.69) is 46.8 Å². The Morgan fingerprint density at radius 1 is 0.950 bits per heavy atom. The van der Waals surface area contributed by atoms with Crippen LogP contribution < -0.4 is 11.1 Å². The van der Waals surface area contributed by atoms with Crippen molar-refractivity contribution in [1.82, 2.24) is 10.3 Å². The first-order chi connectivity index (χ1) is 9.84. The normalized spacial score (nSPS) is 11.0. The third-order valence-electron chi connectivity index (χ3n) is 3.62. The number of nitrogens with one attached hydrogen (secondary N) is 2. The molecule has 3 rings (SSSR count). The van der Waals surface area contributed by atoms with Gasteiger partial charge in [0, 0.05) is 29.3 Å². The molecule has 0 saturated heterocycles. The lowest BCUT2D eigenvalue weighted by molar-refractivity contribution is 0.689. The second-order valence-electron chi connectivity index (χ2n) is 4.99. The van der Waals surface area contributed by atoms with Crippen LogP contribution in [0.1, 0.15) is 11.1 Å². The number of rotatable bonds is 5. The van der Waals surface area contributed by atoms with Crippen molar-refractivity contribution in [3.63, 3.8) is 0 Å². The molecule has 0 aliphatic heterocycles. The molecule has 3 heteroatoms. The van der Waals surface area contributed by atoms with Gasteiger partial charge in [0.1, 0.15) is 0 Å². The highest BCUT2D eigenvalue weighted by molar-refractivity contribution is 5.83. The molecule has 0 unspecified atom stereocenters. The fourth-order valence-electron chi connectivity index (χ4n) is 2.48. The molecule has 2 aromatic carbocycles. The van der Waals surface area contributed by atoms with E-state index < -0.39 is 0 Å². The monoisotopic (exact) mass is 265 g/mol. The highest BCUT2D eigenvalue weighted by atomic mass is 14.9. The zero-order chi connectivity index (χ0) is 13.8. The molecule has 4 N–H and O–H groups in total. The summed E-state index contributed by atoms with van der Waals surface area (Å²) < 4.78 is 0. The van der Waals surface area contributed by atoms with Gasteiger partial charge < -0.3 is 16.0 Å². The van der Waals surface area contributed by atoms with Crippen LogP contribution in [0.15, 0.2) is 54.7 Å². The summed E-state index contributed by atoms with van der Waals surface area (Å²) in [5, 5.41) is 4.77. The molecule has 0 amide bonds. The van der Waals surface area contributed by atoms with Crippen molar-refractivity contribution in [3.05, 3.63) is 65.9 Å². The first-order valence-electron chi connectivity index (χ1n) is 6.93. The van der Waals surface area contributed by atoms with Crippen LogP contribution in [0.4, 0.5) is 5.69 Å². The van der Waals surface area contributed by atoms with Crippen molar-refractivity contribution in [3.8, 4) is 0 Å². The van der Waals surface area contributed by atoms with Crippen molar-refractivity contribution >= 4 is 16.6 Å². The van der Waals surface area contributed by atoms with Gasteiger partial charge in [0.25, 0.3) is 0 Å². The number of anilines is 1. The van der Waals surface area contributed by atoms with E-state index >= 15 is 0 Å². The van der Waals surface area contributed by atoms with Crippen molar-refractivity contribution in [1.29, 1.82) is 0 Å². The first-order valence-corrected chi connectivity index (χ1v) is 6.93. The predicted octanol–water partition coefficient (Wildman–Crippen LogP) is 3.08. The van der Waals surface area contributed by atoms with Crippen molar-refractivity contribution in [2.45, 2.75) is 13.0 Å². The fraction of sp³-hybridized carbons (Fsp3) is 0.176. The maximum Gasteiger partial charge on any atom is 0.0456 e. The van der Waals surface area contributed by atoms with E-state index in [1.807, 2.05) is 18.2 Å². The molecular weight excluding hydrogens is 246 g/mol. The van der Waals surface area contributed by atoms with Crippen LogP contribution in [0.3, 0.4) is 0 Å². The van der Waals surface area contributed by atoms with Gasteiger partial charge in [0.05, 0.1) is 0 Å². The standard InChI is InChI=1S/C17H19N3/c18-16-7-3-1-5-14(16)11-19-10-9-13-12-20-17-8-4-2-6-15(13)17/h1-8,12,19-20H,9-11,18H2. The van der Waals surface area contributed by atoms with Crippen LogP contribution in [-0.4, -0.2) is 11.5 Å². The van der Waals surface area contributed by atoms with E-state index in [1.165, 1.54) is 16.5 Å². The van der Waals surface area contributed by atoms with E-state index in [0.29, 0.717) is 0 Å². The Balaban J connectivity index is 1.57. The molecule has 0 saturated carbocycles. The van der Waals surface area contributed by atoms with E-state index in [1.54, 1.807) is 0 Å². The number of nitrogens with two attached hydrogens (primary N) is 1. The second-order valence-corrected chi connectivity index (χ2v) is 4.99. The molecule has 0 fully saturated rings. The number of fused-ring (bicyclic) bond motifs is 1. The Labute approximate surface area is 118 Å². The van der Waals surface area contributed by atoms with Crippen LogP contribution in [0.25, 0.3) is 10.9 Å². The minimum absolute atomic E-state index is 0.815. The van der Waals surface area contributed by atoms with Gasteiger partial charge in [0.2, 0.25) is 0 Å². The molecule has 3 nitrogen and oxygen atoms in total. The molecule has 0 radical (unpaired) electrons. The van der Waals surface area contributed by atoms with Gasteiger partial charge in [-0.05, 0) is 36.2 Å². The van der Waals surface area contributed by atoms with Gasteiger partial charge in [-0.1, -0.05) is 36.4 Å². The summed E-state index contributed by atoms with van der Waals surface area (Å²) in [5.41, 5.74) is 10.5. The molecule has 0 bridgehead atoms. The van der Waals surface area contributed by atoms with E-state index in [9.17, 15) is 0 Å². The lowest BCUT2D eigenvalue weighted by Gasteiger charge is -2.07. The van der Waals surface area contributed by atoms with Gasteiger partial charge in [-0.3, -0.25) is 0 Å². The molecule has 0 aliphatic carbocycles. The Morgan fingerprint density at radius 3 is 2.65 bits per heavy atom. The molecule has 1 aromatic heterocycles. The summed E-state index contributed by atoms with van der Waals surface area (Å²) in [4.78, 5) is 3.31. The van der Waals surface area contributed by atoms with Gasteiger partial charge in [-0.25, -0.2) is 0 Å². The van der Waals surface area contributed by atoms with Crippen molar-refractivity contribution in [2.75, 3.05) is 12.3 Å². The molecule has 1 heterocycles. The molecule has 0 aliphatic rings. The van der Waals surface area contributed by atoms with Crippen LogP contribution in [-0.2, 0) is 13.0 Å². The van der Waals surface area contributed by atoms with Crippen LogP contribution >= 0.6 is 0 Å². The molecule has 20 heavy (non-hydrogen) atoms. The summed E-state index contributed by atoms with van der Waals surface area (Å²) >= 11 is 0. The second kappa shape index (κ2) is 5.80. The minimum atomic E-state index is 0.815. The Morgan fingerprint density at radius 2 is 1.75 bits per heavy atom. The Hall–Kier alpha value is -2.26. The molecule has 102 valence electrons. The summed E-state index contributed by atoms with van der Waals surface area (Å²) in [6.07, 6.45) is 3.11. The van der Waals surface area contributed by atoms with Gasteiger partial charge in [0.15, 0.2) is 0 Å². The number of nitrogen functional groups attached to an aromatic ring is 1. The third kappa shape index (κ3) is 2.68. The maximum absolute atomic E-state index is 5.93. The lowest BCUT2D eigenvalue weighted by Crippen LogP contribution is -2.17. The molecular formula is C17H19N3. The zero-order valence-corrected chi connectivity index (χ0v) is 11.4. The number of H-pyrrole nitrogens is 1. The minimum Gasteiger partial charge on any atom is -0.398 e. The zero-order valence-electron chi connectivity index (χ0n) is 11.4. The fourth-order valence-corrected chi connectivity index (χ4v) is 2.48. The largest absolute Gasteiger partial charge is 0.398 e. The highest BCUT2D eigenvalue weighted by Crippen LogP contribution is 2.17. The number of aromatic nitrogens is 1. The maximum atomic E-state index is 5.93. The van der Waals surface area contributed by atoms with E-state index in [4.69, 9.17) is 5.73 Å². The summed E-state index contributed by atoms with van der Waals surface area (Å²) in [5.74, 6) is 0.